The normalized spacial score (nSPS) is 11.7. The maximum Gasteiger partial charge on any atom is 0.319 e. The van der Waals surface area contributed by atoms with Crippen LogP contribution in [0.15, 0.2) is 18.3 Å². The Labute approximate surface area is 93.6 Å². The maximum atomic E-state index is 11.4. The van der Waals surface area contributed by atoms with Gasteiger partial charge in [-0.25, -0.2) is 9.78 Å². The van der Waals surface area contributed by atoms with Gasteiger partial charge in [0.15, 0.2) is 0 Å². The van der Waals surface area contributed by atoms with E-state index in [1.807, 2.05) is 0 Å². The molecule has 0 saturated heterocycles. The highest BCUT2D eigenvalue weighted by Gasteiger charge is 2.09. The first kappa shape index (κ1) is 12.3. The quantitative estimate of drug-likeness (QED) is 0.700. The predicted octanol–water partition coefficient (Wildman–Crippen LogP) is 0.593. The molecular weight excluding hydrogens is 210 g/mol. The molecule has 3 N–H and O–H groups in total. The number of hydrogen-bond acceptors (Lipinski definition) is 4. The van der Waals surface area contributed by atoms with E-state index in [-0.39, 0.29) is 12.6 Å². The smallest absolute Gasteiger partial charge is 0.319 e. The number of anilines is 1. The Morgan fingerprint density at radius 2 is 2.44 bits per heavy atom. The van der Waals surface area contributed by atoms with E-state index < -0.39 is 6.03 Å². The van der Waals surface area contributed by atoms with Crippen LogP contribution in [-0.4, -0.2) is 35.9 Å². The van der Waals surface area contributed by atoms with Gasteiger partial charge < -0.3 is 20.5 Å². The lowest BCUT2D eigenvalue weighted by Gasteiger charge is -2.13. The molecule has 6 nitrogen and oxygen atoms in total. The number of hydrogen-bond donors (Lipinski definition) is 3. The van der Waals surface area contributed by atoms with E-state index in [0.717, 1.165) is 0 Å². The van der Waals surface area contributed by atoms with Crippen LogP contribution < -0.4 is 15.4 Å². The fourth-order valence-electron chi connectivity index (χ4n) is 1.08. The molecule has 6 heteroatoms. The minimum atomic E-state index is -0.409. The van der Waals surface area contributed by atoms with Crippen LogP contribution >= 0.6 is 0 Å². The van der Waals surface area contributed by atoms with Crippen molar-refractivity contribution in [2.24, 2.45) is 0 Å². The van der Waals surface area contributed by atoms with E-state index in [4.69, 9.17) is 9.84 Å². The number of aromatic nitrogens is 1. The Bertz CT molecular complexity index is 357. The minimum Gasteiger partial charge on any atom is -0.480 e. The van der Waals surface area contributed by atoms with Gasteiger partial charge in [-0.05, 0) is 19.1 Å². The fraction of sp³-hybridized carbons (Fsp3) is 0.400. The van der Waals surface area contributed by atoms with Crippen molar-refractivity contribution in [1.29, 1.82) is 0 Å². The Kier molecular flexibility index (Phi) is 4.53. The van der Waals surface area contributed by atoms with Crippen LogP contribution in [-0.2, 0) is 0 Å². The lowest BCUT2D eigenvalue weighted by molar-refractivity contribution is 0.229. The molecular formula is C10H15N3O3. The van der Waals surface area contributed by atoms with E-state index in [1.54, 1.807) is 25.3 Å². The van der Waals surface area contributed by atoms with Crippen LogP contribution in [0.4, 0.5) is 10.5 Å². The van der Waals surface area contributed by atoms with E-state index in [1.165, 1.54) is 7.11 Å². The third-order valence-electron chi connectivity index (χ3n) is 1.86. The summed E-state index contributed by atoms with van der Waals surface area (Å²) in [5, 5.41) is 13.9. The highest BCUT2D eigenvalue weighted by atomic mass is 16.5. The number of carbonyl (C=O) groups excluding carboxylic acids is 1. The van der Waals surface area contributed by atoms with Gasteiger partial charge in [-0.2, -0.15) is 0 Å². The average Bonchev–Trinajstić information content (AvgIpc) is 2.29. The summed E-state index contributed by atoms with van der Waals surface area (Å²) in [5.41, 5.74) is 0.479. The third kappa shape index (κ3) is 3.39. The average molecular weight is 225 g/mol. The van der Waals surface area contributed by atoms with Gasteiger partial charge in [-0.1, -0.05) is 0 Å². The summed E-state index contributed by atoms with van der Waals surface area (Å²) < 4.78 is 4.97. The highest BCUT2D eigenvalue weighted by Crippen LogP contribution is 2.19. The van der Waals surface area contributed by atoms with Gasteiger partial charge in [0.05, 0.1) is 19.8 Å². The molecule has 16 heavy (non-hydrogen) atoms. The van der Waals surface area contributed by atoms with Gasteiger partial charge in [0, 0.05) is 6.20 Å². The number of amides is 2. The topological polar surface area (TPSA) is 83.5 Å². The lowest BCUT2D eigenvalue weighted by atomic mass is 10.3. The molecule has 0 aliphatic heterocycles. The molecule has 0 aromatic carbocycles. The monoisotopic (exact) mass is 225 g/mol. The second kappa shape index (κ2) is 5.92. The summed E-state index contributed by atoms with van der Waals surface area (Å²) >= 11 is 0. The van der Waals surface area contributed by atoms with Crippen LogP contribution in [0, 0.1) is 0 Å². The van der Waals surface area contributed by atoms with Crippen LogP contribution in [0.5, 0.6) is 5.88 Å². The summed E-state index contributed by atoms with van der Waals surface area (Å²) in [6.07, 6.45) is 1.57. The summed E-state index contributed by atoms with van der Waals surface area (Å²) in [4.78, 5) is 15.4. The lowest BCUT2D eigenvalue weighted by Crippen LogP contribution is -2.38. The van der Waals surface area contributed by atoms with Crippen molar-refractivity contribution in [2.45, 2.75) is 13.0 Å². The molecule has 1 aromatic rings. The first-order chi connectivity index (χ1) is 7.67. The molecule has 0 aliphatic carbocycles. The van der Waals surface area contributed by atoms with Crippen molar-refractivity contribution in [3.05, 3.63) is 18.3 Å². The van der Waals surface area contributed by atoms with E-state index in [2.05, 4.69) is 15.6 Å². The van der Waals surface area contributed by atoms with Gasteiger partial charge >= 0.3 is 6.03 Å². The zero-order valence-electron chi connectivity index (χ0n) is 9.23. The minimum absolute atomic E-state index is 0.113. The number of aliphatic hydroxyl groups is 1. The second-order valence-electron chi connectivity index (χ2n) is 3.24. The standard InChI is InChI=1S/C10H15N3O3/c1-7(6-14)12-10(15)13-8-4-3-5-11-9(8)16-2/h3-5,7,14H,6H2,1-2H3,(H2,12,13,15)/t7-/m1/s1. The Hall–Kier alpha value is -1.82. The van der Waals surface area contributed by atoms with Crippen LogP contribution in [0.3, 0.4) is 0 Å². The molecule has 2 amide bonds. The molecule has 0 saturated carbocycles. The van der Waals surface area contributed by atoms with Crippen molar-refractivity contribution in [2.75, 3.05) is 19.0 Å². The summed E-state index contributed by atoms with van der Waals surface area (Å²) in [7, 11) is 1.47. The van der Waals surface area contributed by atoms with Gasteiger partial charge in [0.25, 0.3) is 0 Å². The first-order valence-electron chi connectivity index (χ1n) is 4.84. The maximum absolute atomic E-state index is 11.4. The van der Waals surface area contributed by atoms with Crippen LogP contribution in [0.1, 0.15) is 6.92 Å². The number of ether oxygens (including phenoxy) is 1. The molecule has 0 aliphatic rings. The first-order valence-corrected chi connectivity index (χ1v) is 4.84. The van der Waals surface area contributed by atoms with Crippen molar-refractivity contribution >= 4 is 11.7 Å². The number of rotatable bonds is 4. The number of aliphatic hydroxyl groups excluding tert-OH is 1. The van der Waals surface area contributed by atoms with E-state index in [9.17, 15) is 4.79 Å². The number of nitrogens with one attached hydrogen (secondary N) is 2. The van der Waals surface area contributed by atoms with Crippen LogP contribution in [0.25, 0.3) is 0 Å². The van der Waals surface area contributed by atoms with Gasteiger partial charge in [-0.3, -0.25) is 0 Å². The largest absolute Gasteiger partial charge is 0.480 e. The zero-order valence-corrected chi connectivity index (χ0v) is 9.23. The molecule has 0 unspecified atom stereocenters. The highest BCUT2D eigenvalue weighted by molar-refractivity contribution is 5.90. The van der Waals surface area contributed by atoms with Crippen molar-refractivity contribution in [3.63, 3.8) is 0 Å². The van der Waals surface area contributed by atoms with Crippen LogP contribution in [0.2, 0.25) is 0 Å². The van der Waals surface area contributed by atoms with E-state index in [0.29, 0.717) is 11.6 Å². The SMILES string of the molecule is COc1ncccc1NC(=O)N[C@H](C)CO. The fourth-order valence-corrected chi connectivity index (χ4v) is 1.08. The molecule has 0 radical (unpaired) electrons. The Balaban J connectivity index is 2.62. The van der Waals surface area contributed by atoms with E-state index >= 15 is 0 Å². The number of nitrogens with zero attached hydrogens (tertiary/aromatic N) is 1. The number of pyridine rings is 1. The predicted molar refractivity (Wildman–Crippen MR) is 59.5 cm³/mol. The summed E-state index contributed by atoms with van der Waals surface area (Å²) in [6, 6.07) is 2.65. The molecule has 1 heterocycles. The van der Waals surface area contributed by atoms with Gasteiger partial charge in [0.1, 0.15) is 5.69 Å². The molecule has 88 valence electrons. The van der Waals surface area contributed by atoms with Crippen molar-refractivity contribution in [3.8, 4) is 5.88 Å². The number of carbonyl (C=O) groups is 1. The van der Waals surface area contributed by atoms with Crippen molar-refractivity contribution < 1.29 is 14.6 Å². The summed E-state index contributed by atoms with van der Waals surface area (Å²) in [6.45, 7) is 1.58. The van der Waals surface area contributed by atoms with Gasteiger partial charge in [0.2, 0.25) is 5.88 Å². The molecule has 0 fully saturated rings. The number of urea groups is 1. The van der Waals surface area contributed by atoms with Gasteiger partial charge in [-0.15, -0.1) is 0 Å². The third-order valence-corrected chi connectivity index (χ3v) is 1.86. The molecule has 0 bridgehead atoms. The second-order valence-corrected chi connectivity index (χ2v) is 3.24. The van der Waals surface area contributed by atoms with Crippen molar-refractivity contribution in [1.82, 2.24) is 10.3 Å². The Morgan fingerprint density at radius 1 is 1.69 bits per heavy atom. The zero-order chi connectivity index (χ0) is 12.0. The molecule has 1 atom stereocenters. The summed E-state index contributed by atoms with van der Waals surface area (Å²) in [5.74, 6) is 0.342. The molecule has 1 rings (SSSR count). The number of methoxy groups -OCH3 is 1. The Morgan fingerprint density at radius 3 is 3.06 bits per heavy atom. The molecule has 0 spiro atoms. The molecule has 1 aromatic heterocycles.